The maximum Gasteiger partial charge on any atom is 0 e. The molecular weight excluding hydrogens is 965 g/mol. The van der Waals surface area contributed by atoms with Crippen molar-refractivity contribution in [3.05, 3.63) is 168 Å². The van der Waals surface area contributed by atoms with Gasteiger partial charge >= 0.3 is 131 Å². The van der Waals surface area contributed by atoms with Crippen LogP contribution in [0.5, 0.6) is 0 Å². The van der Waals surface area contributed by atoms with Gasteiger partial charge in [-0.25, -0.2) is 8.78 Å². The van der Waals surface area contributed by atoms with Crippen LogP contribution in [0, 0.1) is 30.6 Å². The summed E-state index contributed by atoms with van der Waals surface area (Å²) in [5, 5.41) is 2.10. The fraction of sp³-hybridized carbons (Fsp3) is 0.143. The zero-order valence-corrected chi connectivity index (χ0v) is 37.4. The molecule has 0 saturated heterocycles. The van der Waals surface area contributed by atoms with Gasteiger partial charge in [-0.05, 0) is 58.1 Å². The second-order valence-corrected chi connectivity index (χ2v) is 26.6. The van der Waals surface area contributed by atoms with E-state index < -0.39 is 37.6 Å². The number of benzene rings is 6. The van der Waals surface area contributed by atoms with Gasteiger partial charge in [0, 0.05) is 30.5 Å². The molecule has 3 nitrogen and oxygen atoms in total. The van der Waals surface area contributed by atoms with Gasteiger partial charge in [-0.1, -0.05) is 59.5 Å². The van der Waals surface area contributed by atoms with Crippen LogP contribution in [-0.4, -0.2) is 27.8 Å². The number of fused-ring (bicyclic) bond motifs is 4. The Morgan fingerprint density at radius 3 is 2.28 bits per heavy atom. The van der Waals surface area contributed by atoms with Crippen molar-refractivity contribution < 1.29 is 34.4 Å². The third-order valence-electron chi connectivity index (χ3n) is 9.82. The van der Waals surface area contributed by atoms with Crippen molar-refractivity contribution in [2.24, 2.45) is 0 Å². The Bertz CT molecular complexity index is 3010. The molecule has 0 atom stereocenters. The SMILES string of the molecule is Fc1cccc(F)c1-c1ccc2c(c1)sc1c(-c3nc4ccccc4n3-c3ccccc3)[c-]ccc12.[2H]C([2H])([2H])c1c[c-]c(-c2cc(C([2H])(C)C)[c]([Ge]([CH3])([CH3])[CH3])cn2)cc1.[Ir]. The zero-order valence-electron chi connectivity index (χ0n) is 36.0. The van der Waals surface area contributed by atoms with Crippen molar-refractivity contribution >= 4 is 60.2 Å². The molecule has 6 aromatic carbocycles. The number of para-hydroxylation sites is 3. The smallest absolute Gasteiger partial charge is 0 e. The second-order valence-electron chi connectivity index (χ2n) is 15.0. The second kappa shape index (κ2) is 16.6. The Balaban J connectivity index is 0.000000197. The van der Waals surface area contributed by atoms with E-state index in [4.69, 9.17) is 10.5 Å². The number of aromatic nitrogens is 3. The summed E-state index contributed by atoms with van der Waals surface area (Å²) in [6, 6.07) is 45.0. The monoisotopic (exact) mass is 1010 g/mol. The van der Waals surface area contributed by atoms with Crippen molar-refractivity contribution in [2.45, 2.75) is 43.9 Å². The average Bonchev–Trinajstić information content (AvgIpc) is 3.79. The van der Waals surface area contributed by atoms with Crippen LogP contribution >= 0.6 is 11.3 Å². The number of imidazole rings is 1. The van der Waals surface area contributed by atoms with Crippen LogP contribution in [0.25, 0.3) is 70.7 Å². The summed E-state index contributed by atoms with van der Waals surface area (Å²) in [6.45, 7) is 1.66. The molecule has 0 N–H and O–H groups in total. The Morgan fingerprint density at radius 1 is 0.825 bits per heavy atom. The normalized spacial score (nSPS) is 13.0. The fourth-order valence-corrected chi connectivity index (χ4v) is 11.6. The van der Waals surface area contributed by atoms with E-state index in [1.165, 1.54) is 28.7 Å². The molecule has 9 aromatic rings. The van der Waals surface area contributed by atoms with Gasteiger partial charge in [-0.15, -0.1) is 18.2 Å². The number of aryl methyl sites for hydroxylation is 1. The molecule has 0 aliphatic rings. The molecule has 1 radical (unpaired) electrons. The number of pyridine rings is 1. The maximum atomic E-state index is 14.5. The van der Waals surface area contributed by atoms with E-state index in [1.54, 1.807) is 29.5 Å². The van der Waals surface area contributed by atoms with Crippen molar-refractivity contribution in [1.82, 2.24) is 14.5 Å². The summed E-state index contributed by atoms with van der Waals surface area (Å²) in [5.41, 5.74) is 7.11. The topological polar surface area (TPSA) is 30.7 Å². The van der Waals surface area contributed by atoms with Gasteiger partial charge in [0.05, 0.1) is 22.4 Å². The molecule has 0 aliphatic carbocycles. The Hall–Kier alpha value is -4.79. The molecule has 0 unspecified atom stereocenters. The number of thiophene rings is 1. The molecular formula is C49H41F2GeIrN3S-2. The van der Waals surface area contributed by atoms with Gasteiger partial charge in [0.1, 0.15) is 11.6 Å². The molecule has 3 heterocycles. The van der Waals surface area contributed by atoms with Gasteiger partial charge in [-0.2, -0.15) is 11.3 Å². The van der Waals surface area contributed by atoms with Crippen molar-refractivity contribution in [3.63, 3.8) is 0 Å². The number of nitrogens with zero attached hydrogens (tertiary/aromatic N) is 3. The maximum absolute atomic E-state index is 14.5. The van der Waals surface area contributed by atoms with Crippen LogP contribution in [-0.2, 0) is 20.1 Å². The number of rotatable bonds is 6. The Morgan fingerprint density at radius 2 is 1.58 bits per heavy atom. The van der Waals surface area contributed by atoms with Crippen molar-refractivity contribution in [1.29, 1.82) is 0 Å². The molecule has 0 fully saturated rings. The Kier molecular flexibility index (Phi) is 10.3. The van der Waals surface area contributed by atoms with Crippen LogP contribution in [0.1, 0.15) is 36.4 Å². The van der Waals surface area contributed by atoms with Gasteiger partial charge in [-0.3, -0.25) is 4.98 Å². The number of hydrogen-bond acceptors (Lipinski definition) is 3. The van der Waals surface area contributed by atoms with E-state index >= 15 is 0 Å². The first-order valence-electron chi connectivity index (χ1n) is 20.4. The summed E-state index contributed by atoms with van der Waals surface area (Å²) in [7, 11) is 0. The Labute approximate surface area is 358 Å². The minimum absolute atomic E-state index is 0. The third-order valence-corrected chi connectivity index (χ3v) is 15.2. The van der Waals surface area contributed by atoms with E-state index in [2.05, 4.69) is 57.2 Å². The minimum Gasteiger partial charge on any atom is 0 e. The largest absolute Gasteiger partial charge is 0 e. The van der Waals surface area contributed by atoms with Crippen LogP contribution in [0.4, 0.5) is 8.78 Å². The van der Waals surface area contributed by atoms with Crippen LogP contribution in [0.3, 0.4) is 0 Å². The molecule has 57 heavy (non-hydrogen) atoms. The molecule has 9 rings (SSSR count). The molecule has 0 bridgehead atoms. The summed E-state index contributed by atoms with van der Waals surface area (Å²) in [4.78, 5) is 9.58. The first-order chi connectivity index (χ1) is 28.5. The minimum atomic E-state index is -2.14. The number of halogens is 2. The van der Waals surface area contributed by atoms with Gasteiger partial charge in [0.25, 0.3) is 0 Å². The summed E-state index contributed by atoms with van der Waals surface area (Å²) < 4.78 is 65.1. The molecule has 0 aliphatic heterocycles. The fourth-order valence-electron chi connectivity index (χ4n) is 7.07. The van der Waals surface area contributed by atoms with Gasteiger partial charge in [0.2, 0.25) is 0 Å². The molecule has 0 spiro atoms. The third kappa shape index (κ3) is 8.04. The molecule has 0 amide bonds. The molecule has 287 valence electrons. The quantitative estimate of drug-likeness (QED) is 0.123. The van der Waals surface area contributed by atoms with E-state index in [0.717, 1.165) is 65.1 Å². The molecule has 0 saturated carbocycles. The summed E-state index contributed by atoms with van der Waals surface area (Å²) in [5.74, 6) is 5.85. The van der Waals surface area contributed by atoms with E-state index in [0.29, 0.717) is 5.56 Å². The van der Waals surface area contributed by atoms with E-state index in [9.17, 15) is 8.78 Å². The zero-order chi connectivity index (χ0) is 42.6. The molecule has 3 aromatic heterocycles. The predicted molar refractivity (Wildman–Crippen MR) is 234 cm³/mol. The van der Waals surface area contributed by atoms with Crippen molar-refractivity contribution in [3.8, 4) is 39.5 Å². The average molecular weight is 1010 g/mol. The van der Waals surface area contributed by atoms with Crippen LogP contribution in [0.15, 0.2) is 134 Å². The van der Waals surface area contributed by atoms with Crippen molar-refractivity contribution in [2.75, 3.05) is 0 Å². The summed E-state index contributed by atoms with van der Waals surface area (Å²) >= 11 is -0.553. The molecule has 8 heteroatoms. The van der Waals surface area contributed by atoms with Gasteiger partial charge < -0.3 is 4.57 Å². The van der Waals surface area contributed by atoms with Crippen LogP contribution in [0.2, 0.25) is 17.3 Å². The summed E-state index contributed by atoms with van der Waals surface area (Å²) in [6.07, 6.45) is 1.91. The predicted octanol–water partition coefficient (Wildman–Crippen LogP) is 13.3. The first kappa shape index (κ1) is 35.4. The first-order valence-corrected chi connectivity index (χ1v) is 26.5. The van der Waals surface area contributed by atoms with Crippen LogP contribution < -0.4 is 4.40 Å². The van der Waals surface area contributed by atoms with E-state index in [-0.39, 0.29) is 31.2 Å². The number of hydrogen-bond donors (Lipinski definition) is 0. The standard InChI is InChI=1S/C31H17F2N2S.C18H24GeN.Ir/c32-24-12-7-13-25(33)29(24)19-16-17-21-22-10-6-11-23(30(22)36-28(21)18-19)31-34-26-14-4-5-15-27(26)35(31)20-8-2-1-3-9-20;1-13(2)16-11-18(15-9-7-14(3)8-10-15)20-12-17(16)19(4,5)6;/h1-10,12-18H;7-9,11-13H,1-6H3;/q2*-1;/i;3D3,13D;. The van der Waals surface area contributed by atoms with E-state index in [1.807, 2.05) is 86.8 Å². The van der Waals surface area contributed by atoms with Gasteiger partial charge in [0.15, 0.2) is 0 Å².